The maximum Gasteiger partial charge on any atom is 0.129 e. The van der Waals surface area contributed by atoms with E-state index in [0.29, 0.717) is 18.7 Å². The molecule has 0 spiro atoms. The fraction of sp³-hybridized carbons (Fsp3) is 0.267. The molecule has 6 heteroatoms. The first kappa shape index (κ1) is 15.6. The average Bonchev–Trinajstić information content (AvgIpc) is 2.99. The Kier molecular flexibility index (Phi) is 5.81. The normalized spacial score (nSPS) is 11.9. The second-order valence-electron chi connectivity index (χ2n) is 4.44. The van der Waals surface area contributed by atoms with Gasteiger partial charge < -0.3 is 19.6 Å². The van der Waals surface area contributed by atoms with E-state index in [-0.39, 0.29) is 6.61 Å². The second-order valence-corrected chi connectivity index (χ2v) is 5.29. The number of halogens is 1. The molecule has 0 aliphatic rings. The minimum atomic E-state index is -0.637. The summed E-state index contributed by atoms with van der Waals surface area (Å²) in [5.74, 6) is 0.727. The van der Waals surface area contributed by atoms with Crippen molar-refractivity contribution in [3.63, 3.8) is 0 Å². The molecule has 0 aliphatic heterocycles. The number of nitrogens with zero attached hydrogens (tertiary/aromatic N) is 1. The molecule has 0 fully saturated rings. The van der Waals surface area contributed by atoms with Crippen LogP contribution in [0.1, 0.15) is 11.3 Å². The van der Waals surface area contributed by atoms with Gasteiger partial charge in [-0.2, -0.15) is 5.26 Å². The molecule has 1 atom stereocenters. The lowest BCUT2D eigenvalue weighted by atomic mass is 10.2. The topological polar surface area (TPSA) is 78.4 Å². The van der Waals surface area contributed by atoms with E-state index in [2.05, 4.69) is 27.3 Å². The predicted octanol–water partition coefficient (Wildman–Crippen LogP) is 2.90. The van der Waals surface area contributed by atoms with Gasteiger partial charge >= 0.3 is 0 Å². The van der Waals surface area contributed by atoms with Crippen LogP contribution in [-0.4, -0.2) is 24.4 Å². The number of nitriles is 1. The van der Waals surface area contributed by atoms with Crippen molar-refractivity contribution in [3.8, 4) is 6.07 Å². The minimum absolute atomic E-state index is 0.210. The molecule has 2 aromatic rings. The van der Waals surface area contributed by atoms with Gasteiger partial charge in [-0.05, 0) is 46.3 Å². The number of nitrogens with one attached hydrogen (secondary N) is 1. The highest BCUT2D eigenvalue weighted by molar-refractivity contribution is 9.10. The maximum atomic E-state index is 9.85. The lowest BCUT2D eigenvalue weighted by molar-refractivity contribution is 0.0282. The van der Waals surface area contributed by atoms with Crippen LogP contribution in [0.4, 0.5) is 5.69 Å². The maximum absolute atomic E-state index is 9.85. The van der Waals surface area contributed by atoms with Gasteiger partial charge in [0.2, 0.25) is 0 Å². The zero-order valence-electron chi connectivity index (χ0n) is 11.3. The third-order valence-corrected chi connectivity index (χ3v) is 3.42. The Bertz CT molecular complexity index is 608. The van der Waals surface area contributed by atoms with Crippen molar-refractivity contribution in [2.45, 2.75) is 12.7 Å². The van der Waals surface area contributed by atoms with Gasteiger partial charge in [0.05, 0.1) is 30.6 Å². The summed E-state index contributed by atoms with van der Waals surface area (Å²) in [4.78, 5) is 0. The van der Waals surface area contributed by atoms with Crippen LogP contribution in [0.2, 0.25) is 0 Å². The quantitative estimate of drug-likeness (QED) is 0.802. The number of benzene rings is 1. The van der Waals surface area contributed by atoms with Crippen molar-refractivity contribution in [1.82, 2.24) is 0 Å². The number of rotatable bonds is 7. The Balaban J connectivity index is 1.73. The summed E-state index contributed by atoms with van der Waals surface area (Å²) in [5.41, 5.74) is 1.40. The predicted molar refractivity (Wildman–Crippen MR) is 81.7 cm³/mol. The zero-order valence-corrected chi connectivity index (χ0v) is 12.8. The van der Waals surface area contributed by atoms with E-state index >= 15 is 0 Å². The van der Waals surface area contributed by atoms with Crippen molar-refractivity contribution >= 4 is 21.6 Å². The van der Waals surface area contributed by atoms with E-state index in [0.717, 1.165) is 15.9 Å². The number of ether oxygens (including phenoxy) is 1. The first-order valence-corrected chi connectivity index (χ1v) is 7.20. The summed E-state index contributed by atoms with van der Waals surface area (Å²) in [6.45, 7) is 0.898. The van der Waals surface area contributed by atoms with Crippen molar-refractivity contribution in [3.05, 3.63) is 52.4 Å². The van der Waals surface area contributed by atoms with E-state index in [1.807, 2.05) is 6.07 Å². The number of hydrogen-bond acceptors (Lipinski definition) is 5. The Morgan fingerprint density at radius 1 is 1.43 bits per heavy atom. The van der Waals surface area contributed by atoms with Gasteiger partial charge in [0.25, 0.3) is 0 Å². The van der Waals surface area contributed by atoms with E-state index < -0.39 is 6.10 Å². The molecule has 0 radical (unpaired) electrons. The summed E-state index contributed by atoms with van der Waals surface area (Å²) in [6.07, 6.45) is 0.946. The van der Waals surface area contributed by atoms with E-state index in [4.69, 9.17) is 14.4 Å². The van der Waals surface area contributed by atoms with Crippen LogP contribution in [0.3, 0.4) is 0 Å². The number of furan rings is 1. The fourth-order valence-electron chi connectivity index (χ4n) is 1.70. The van der Waals surface area contributed by atoms with Gasteiger partial charge in [-0.15, -0.1) is 0 Å². The molecule has 1 aromatic carbocycles. The molecule has 0 aliphatic carbocycles. The molecule has 0 saturated carbocycles. The third-order valence-electron chi connectivity index (χ3n) is 2.76. The van der Waals surface area contributed by atoms with Crippen molar-refractivity contribution in [2.24, 2.45) is 0 Å². The molecule has 2 rings (SSSR count). The number of anilines is 1. The number of aliphatic hydroxyl groups is 1. The van der Waals surface area contributed by atoms with Crippen molar-refractivity contribution in [2.75, 3.05) is 18.5 Å². The molecule has 2 N–H and O–H groups in total. The number of hydrogen-bond donors (Lipinski definition) is 2. The second kappa shape index (κ2) is 7.84. The first-order chi connectivity index (χ1) is 10.2. The van der Waals surface area contributed by atoms with Crippen molar-refractivity contribution in [1.29, 1.82) is 5.26 Å². The monoisotopic (exact) mass is 350 g/mol. The van der Waals surface area contributed by atoms with Gasteiger partial charge in [0.1, 0.15) is 12.4 Å². The SMILES string of the molecule is N#Cc1ccc(NCC(O)COCc2ccco2)c(Br)c1. The summed E-state index contributed by atoms with van der Waals surface area (Å²) >= 11 is 3.38. The lowest BCUT2D eigenvalue weighted by Crippen LogP contribution is -2.24. The standard InChI is InChI=1S/C15H15BrN2O3/c16-14-6-11(7-17)3-4-15(14)18-8-12(19)9-20-10-13-2-1-5-21-13/h1-6,12,18-19H,8-10H2. The largest absolute Gasteiger partial charge is 0.467 e. The molecule has 21 heavy (non-hydrogen) atoms. The van der Waals surface area contributed by atoms with E-state index in [1.165, 1.54) is 0 Å². The molecule has 110 valence electrons. The number of aliphatic hydroxyl groups excluding tert-OH is 1. The first-order valence-electron chi connectivity index (χ1n) is 6.40. The van der Waals surface area contributed by atoms with Crippen LogP contribution in [0, 0.1) is 11.3 Å². The molecular weight excluding hydrogens is 336 g/mol. The van der Waals surface area contributed by atoms with E-state index in [1.54, 1.807) is 30.5 Å². The molecule has 1 aromatic heterocycles. The van der Waals surface area contributed by atoms with E-state index in [9.17, 15) is 5.11 Å². The summed E-state index contributed by atoms with van der Waals surface area (Å²) in [6, 6.07) is 10.9. The Hall–Kier alpha value is -1.81. The van der Waals surface area contributed by atoms with Gasteiger partial charge in [-0.1, -0.05) is 0 Å². The highest BCUT2D eigenvalue weighted by Gasteiger charge is 2.07. The third kappa shape index (κ3) is 4.90. The van der Waals surface area contributed by atoms with Crippen LogP contribution in [0.25, 0.3) is 0 Å². The molecule has 5 nitrogen and oxygen atoms in total. The van der Waals surface area contributed by atoms with Crippen molar-refractivity contribution < 1.29 is 14.3 Å². The van der Waals surface area contributed by atoms with Crippen LogP contribution in [0.5, 0.6) is 0 Å². The molecule has 0 amide bonds. The average molecular weight is 351 g/mol. The smallest absolute Gasteiger partial charge is 0.129 e. The van der Waals surface area contributed by atoms with Gasteiger partial charge in [-0.25, -0.2) is 0 Å². The minimum Gasteiger partial charge on any atom is -0.467 e. The fourth-order valence-corrected chi connectivity index (χ4v) is 2.22. The van der Waals surface area contributed by atoms with Crippen LogP contribution in [-0.2, 0) is 11.3 Å². The highest BCUT2D eigenvalue weighted by atomic mass is 79.9. The lowest BCUT2D eigenvalue weighted by Gasteiger charge is -2.14. The van der Waals surface area contributed by atoms with Gasteiger partial charge in [0, 0.05) is 16.7 Å². The zero-order chi connectivity index (χ0) is 15.1. The van der Waals surface area contributed by atoms with Crippen LogP contribution < -0.4 is 5.32 Å². The van der Waals surface area contributed by atoms with Gasteiger partial charge in [-0.3, -0.25) is 0 Å². The summed E-state index contributed by atoms with van der Waals surface area (Å²) < 4.78 is 11.3. The highest BCUT2D eigenvalue weighted by Crippen LogP contribution is 2.23. The molecule has 1 unspecified atom stereocenters. The molecule has 0 saturated heterocycles. The summed E-state index contributed by atoms with van der Waals surface area (Å²) in [7, 11) is 0. The molecule has 0 bridgehead atoms. The van der Waals surface area contributed by atoms with Crippen LogP contribution >= 0.6 is 15.9 Å². The summed E-state index contributed by atoms with van der Waals surface area (Å²) in [5, 5.41) is 21.7. The Morgan fingerprint density at radius 2 is 2.29 bits per heavy atom. The Morgan fingerprint density at radius 3 is 2.95 bits per heavy atom. The van der Waals surface area contributed by atoms with Crippen LogP contribution in [0.15, 0.2) is 45.5 Å². The molecular formula is C15H15BrN2O3. The van der Waals surface area contributed by atoms with Gasteiger partial charge in [0.15, 0.2) is 0 Å². The Labute approximate surface area is 131 Å². The molecule has 1 heterocycles.